The van der Waals surface area contributed by atoms with Crippen LogP contribution >= 0.6 is 0 Å². The number of rotatable bonds is 6. The molecule has 33 heavy (non-hydrogen) atoms. The van der Waals surface area contributed by atoms with Crippen molar-refractivity contribution in [2.75, 3.05) is 24.9 Å². The van der Waals surface area contributed by atoms with Gasteiger partial charge in [0.05, 0.1) is 12.0 Å². The lowest BCUT2D eigenvalue weighted by Crippen LogP contribution is -2.32. The third kappa shape index (κ3) is 5.16. The van der Waals surface area contributed by atoms with E-state index in [0.29, 0.717) is 35.7 Å². The lowest BCUT2D eigenvalue weighted by Gasteiger charge is -2.17. The van der Waals surface area contributed by atoms with Crippen LogP contribution in [0.15, 0.2) is 51.9 Å². The minimum Gasteiger partial charge on any atom is -0.497 e. The van der Waals surface area contributed by atoms with Gasteiger partial charge in [-0.3, -0.25) is 9.52 Å². The zero-order valence-electron chi connectivity index (χ0n) is 18.6. The Balaban J connectivity index is 1.57. The number of methoxy groups -OCH3 is 1. The van der Waals surface area contributed by atoms with Crippen molar-refractivity contribution >= 4 is 21.6 Å². The van der Waals surface area contributed by atoms with Crippen LogP contribution in [0.25, 0.3) is 11.4 Å². The summed E-state index contributed by atoms with van der Waals surface area (Å²) in [4.78, 5) is 18.8. The molecule has 0 saturated carbocycles. The van der Waals surface area contributed by atoms with Crippen molar-refractivity contribution in [3.63, 3.8) is 0 Å². The van der Waals surface area contributed by atoms with E-state index in [9.17, 15) is 13.2 Å². The monoisotopic (exact) mass is 470 g/mol. The number of carbonyl (C=O) groups is 1. The van der Waals surface area contributed by atoms with Crippen LogP contribution in [-0.4, -0.2) is 49.6 Å². The first-order valence-corrected chi connectivity index (χ1v) is 12.3. The lowest BCUT2D eigenvalue weighted by molar-refractivity contribution is 0.0711. The molecule has 9 nitrogen and oxygen atoms in total. The van der Waals surface area contributed by atoms with Crippen molar-refractivity contribution in [2.45, 2.75) is 37.5 Å². The summed E-state index contributed by atoms with van der Waals surface area (Å²) in [6.45, 7) is 3.04. The van der Waals surface area contributed by atoms with Gasteiger partial charge in [-0.25, -0.2) is 8.42 Å². The maximum absolute atomic E-state index is 13.0. The normalized spacial score (nSPS) is 14.5. The van der Waals surface area contributed by atoms with Gasteiger partial charge in [0.15, 0.2) is 0 Å². The molecule has 2 heterocycles. The fourth-order valence-corrected chi connectivity index (χ4v) is 5.06. The quantitative estimate of drug-likeness (QED) is 0.581. The van der Waals surface area contributed by atoms with Crippen molar-refractivity contribution in [3.05, 3.63) is 53.9 Å². The molecule has 1 amide bonds. The Morgan fingerprint density at radius 1 is 1.06 bits per heavy atom. The second-order valence-electron chi connectivity index (χ2n) is 7.94. The van der Waals surface area contributed by atoms with Crippen molar-refractivity contribution < 1.29 is 22.5 Å². The number of hydrogen-bond acceptors (Lipinski definition) is 7. The van der Waals surface area contributed by atoms with E-state index in [4.69, 9.17) is 9.26 Å². The predicted molar refractivity (Wildman–Crippen MR) is 123 cm³/mol. The summed E-state index contributed by atoms with van der Waals surface area (Å²) in [6.07, 6.45) is 4.11. The average Bonchev–Trinajstić information content (AvgIpc) is 3.14. The number of nitrogens with zero attached hydrogens (tertiary/aromatic N) is 3. The van der Waals surface area contributed by atoms with Crippen LogP contribution in [0.2, 0.25) is 0 Å². The largest absolute Gasteiger partial charge is 0.497 e. The topological polar surface area (TPSA) is 115 Å². The number of likely N-dealkylation sites (tertiary alicyclic amines) is 1. The number of nitrogens with one attached hydrogen (secondary N) is 1. The Hall–Kier alpha value is -3.40. The fraction of sp³-hybridized carbons (Fsp3) is 0.348. The third-order valence-electron chi connectivity index (χ3n) is 5.58. The molecule has 0 spiro atoms. The van der Waals surface area contributed by atoms with Crippen LogP contribution in [0.5, 0.6) is 5.75 Å². The number of anilines is 1. The van der Waals surface area contributed by atoms with Crippen molar-refractivity contribution in [3.8, 4) is 17.1 Å². The molecule has 0 aliphatic carbocycles. The van der Waals surface area contributed by atoms with Crippen LogP contribution in [0, 0.1) is 6.92 Å². The van der Waals surface area contributed by atoms with Gasteiger partial charge >= 0.3 is 11.8 Å². The van der Waals surface area contributed by atoms with E-state index in [1.807, 2.05) is 0 Å². The number of aryl methyl sites for hydroxylation is 1. The van der Waals surface area contributed by atoms with Crippen molar-refractivity contribution in [1.82, 2.24) is 15.0 Å². The SMILES string of the molecule is COc1ccc(NS(=O)(=O)c2cc(-c3noc(C(=O)N4CCCCCC4)n3)ccc2C)cc1. The van der Waals surface area contributed by atoms with Crippen LogP contribution in [0.1, 0.15) is 41.9 Å². The first kappa shape index (κ1) is 22.8. The zero-order valence-corrected chi connectivity index (χ0v) is 19.4. The lowest BCUT2D eigenvalue weighted by atomic mass is 10.1. The summed E-state index contributed by atoms with van der Waals surface area (Å²) in [5, 5.41) is 3.92. The van der Waals surface area contributed by atoms with Crippen molar-refractivity contribution in [1.29, 1.82) is 0 Å². The van der Waals surface area contributed by atoms with E-state index in [1.54, 1.807) is 55.3 Å². The highest BCUT2D eigenvalue weighted by molar-refractivity contribution is 7.92. The molecule has 174 valence electrons. The molecule has 1 aromatic heterocycles. The fourth-order valence-electron chi connectivity index (χ4n) is 3.73. The van der Waals surface area contributed by atoms with Gasteiger partial charge in [-0.2, -0.15) is 4.98 Å². The van der Waals surface area contributed by atoms with E-state index >= 15 is 0 Å². The second-order valence-corrected chi connectivity index (χ2v) is 9.59. The number of hydrogen-bond donors (Lipinski definition) is 1. The number of amides is 1. The molecular weight excluding hydrogens is 444 g/mol. The van der Waals surface area contributed by atoms with Gasteiger partial charge in [0.25, 0.3) is 10.0 Å². The first-order valence-electron chi connectivity index (χ1n) is 10.8. The van der Waals surface area contributed by atoms with Gasteiger partial charge in [0.1, 0.15) is 5.75 Å². The number of aromatic nitrogens is 2. The molecular formula is C23H26N4O5S. The highest BCUT2D eigenvalue weighted by Gasteiger charge is 2.24. The minimum absolute atomic E-state index is 0.0843. The molecule has 0 atom stereocenters. The Morgan fingerprint density at radius 2 is 1.76 bits per heavy atom. The molecule has 0 bridgehead atoms. The van der Waals surface area contributed by atoms with Crippen molar-refractivity contribution in [2.24, 2.45) is 0 Å². The van der Waals surface area contributed by atoms with Crippen LogP contribution in [0.4, 0.5) is 5.69 Å². The standard InChI is InChI=1S/C23H26N4O5S/c1-16-7-8-17(15-20(16)33(29,30)26-18-9-11-19(31-2)12-10-18)21-24-22(32-25-21)23(28)27-13-5-3-4-6-14-27/h7-12,15,26H,3-6,13-14H2,1-2H3. The highest BCUT2D eigenvalue weighted by Crippen LogP contribution is 2.26. The summed E-state index contributed by atoms with van der Waals surface area (Å²) in [7, 11) is -2.34. The molecule has 3 aromatic rings. The molecule has 1 aliphatic heterocycles. The second kappa shape index (κ2) is 9.62. The Bertz CT molecular complexity index is 1230. The van der Waals surface area contributed by atoms with E-state index in [0.717, 1.165) is 25.7 Å². The Morgan fingerprint density at radius 3 is 2.42 bits per heavy atom. The molecule has 0 unspecified atom stereocenters. The molecule has 2 aromatic carbocycles. The molecule has 4 rings (SSSR count). The Labute approximate surface area is 192 Å². The maximum Gasteiger partial charge on any atom is 0.316 e. The smallest absolute Gasteiger partial charge is 0.316 e. The molecule has 1 aliphatic rings. The minimum atomic E-state index is -3.88. The maximum atomic E-state index is 13.0. The zero-order chi connectivity index (χ0) is 23.4. The molecule has 1 fully saturated rings. The van der Waals surface area contributed by atoms with E-state index in [2.05, 4.69) is 14.9 Å². The van der Waals surface area contributed by atoms with E-state index < -0.39 is 10.0 Å². The van der Waals surface area contributed by atoms with Crippen LogP contribution in [-0.2, 0) is 10.0 Å². The molecule has 0 radical (unpaired) electrons. The van der Waals surface area contributed by atoms with Gasteiger partial charge in [0.2, 0.25) is 5.82 Å². The van der Waals surface area contributed by atoms with Gasteiger partial charge in [0, 0.05) is 24.3 Å². The molecule has 1 saturated heterocycles. The van der Waals surface area contributed by atoms with E-state index in [-0.39, 0.29) is 22.5 Å². The summed E-state index contributed by atoms with van der Waals surface area (Å²) in [6, 6.07) is 11.4. The van der Waals surface area contributed by atoms with Crippen LogP contribution in [0.3, 0.4) is 0 Å². The summed E-state index contributed by atoms with van der Waals surface area (Å²) in [5.41, 5.74) is 1.41. The predicted octanol–water partition coefficient (Wildman–Crippen LogP) is 3.87. The number of ether oxygens (including phenoxy) is 1. The highest BCUT2D eigenvalue weighted by atomic mass is 32.2. The number of sulfonamides is 1. The van der Waals surface area contributed by atoms with Gasteiger partial charge < -0.3 is 14.2 Å². The number of benzene rings is 2. The number of carbonyl (C=O) groups excluding carboxylic acids is 1. The third-order valence-corrected chi connectivity index (χ3v) is 7.10. The van der Waals surface area contributed by atoms with Gasteiger partial charge in [-0.15, -0.1) is 0 Å². The molecule has 10 heteroatoms. The summed E-state index contributed by atoms with van der Waals surface area (Å²) >= 11 is 0. The van der Waals surface area contributed by atoms with Crippen LogP contribution < -0.4 is 9.46 Å². The van der Waals surface area contributed by atoms with Gasteiger partial charge in [-0.1, -0.05) is 30.1 Å². The summed E-state index contributed by atoms with van der Waals surface area (Å²) in [5.74, 6) is 0.401. The summed E-state index contributed by atoms with van der Waals surface area (Å²) < 4.78 is 39.0. The first-order chi connectivity index (χ1) is 15.9. The average molecular weight is 471 g/mol. The van der Waals surface area contributed by atoms with E-state index in [1.165, 1.54) is 6.07 Å². The molecule has 1 N–H and O–H groups in total. The Kier molecular flexibility index (Phi) is 6.64. The van der Waals surface area contributed by atoms with Gasteiger partial charge in [-0.05, 0) is 55.7 Å².